The second kappa shape index (κ2) is 4.38. The molecule has 1 aromatic carbocycles. The van der Waals surface area contributed by atoms with Gasteiger partial charge in [0.2, 0.25) is 0 Å². The lowest BCUT2D eigenvalue weighted by molar-refractivity contribution is 0.00578. The zero-order valence-corrected chi connectivity index (χ0v) is 11.2. The largest absolute Gasteiger partial charge is 0.494 e. The molecule has 1 saturated heterocycles. The monoisotopic (exact) mass is 248 g/mol. The van der Waals surface area contributed by atoms with Crippen molar-refractivity contribution in [1.82, 2.24) is 0 Å². The summed E-state index contributed by atoms with van der Waals surface area (Å²) in [5, 5.41) is 18.1. The Morgan fingerprint density at radius 2 is 1.39 bits per heavy atom. The van der Waals surface area contributed by atoms with E-state index in [4.69, 9.17) is 19.4 Å². The molecule has 0 aliphatic carbocycles. The van der Waals surface area contributed by atoms with Crippen molar-refractivity contribution in [2.45, 2.75) is 38.9 Å². The van der Waals surface area contributed by atoms with E-state index in [1.165, 1.54) is 0 Å². The van der Waals surface area contributed by atoms with Crippen molar-refractivity contribution in [2.75, 3.05) is 0 Å². The highest BCUT2D eigenvalue weighted by atomic mass is 16.7. The first-order valence-electron chi connectivity index (χ1n) is 6.04. The lowest BCUT2D eigenvalue weighted by atomic mass is 9.74. The van der Waals surface area contributed by atoms with E-state index in [-0.39, 0.29) is 11.2 Å². The summed E-state index contributed by atoms with van der Waals surface area (Å²) in [6.07, 6.45) is 0. The van der Waals surface area contributed by atoms with Gasteiger partial charge in [-0.3, -0.25) is 0 Å². The van der Waals surface area contributed by atoms with Gasteiger partial charge >= 0.3 is 14.2 Å². The lowest BCUT2D eigenvalue weighted by Gasteiger charge is -2.32. The Morgan fingerprint density at radius 1 is 0.944 bits per heavy atom. The second-order valence-electron chi connectivity index (χ2n) is 5.63. The summed E-state index contributed by atoms with van der Waals surface area (Å²) in [4.78, 5) is 0. The smallest absolute Gasteiger partial charge is 0.423 e. The summed E-state index contributed by atoms with van der Waals surface area (Å²) in [5.41, 5.74) is 0.591. The Balaban J connectivity index is 2.19. The fraction of sp³-hybridized carbons (Fsp3) is 0.500. The van der Waals surface area contributed by atoms with E-state index >= 15 is 0 Å². The maximum Gasteiger partial charge on any atom is 0.494 e. The van der Waals surface area contributed by atoms with Crippen molar-refractivity contribution < 1.29 is 19.4 Å². The fourth-order valence-corrected chi connectivity index (χ4v) is 1.80. The molecule has 1 aliphatic rings. The molecular formula is C12H18B2O4. The molecule has 6 heteroatoms. The molecule has 0 radical (unpaired) electrons. The maximum absolute atomic E-state index is 9.04. The van der Waals surface area contributed by atoms with Gasteiger partial charge in [-0.2, -0.15) is 0 Å². The first-order chi connectivity index (χ1) is 8.23. The average molecular weight is 248 g/mol. The van der Waals surface area contributed by atoms with E-state index in [2.05, 4.69) is 0 Å². The van der Waals surface area contributed by atoms with Gasteiger partial charge < -0.3 is 19.4 Å². The molecule has 18 heavy (non-hydrogen) atoms. The van der Waals surface area contributed by atoms with Crippen molar-refractivity contribution in [2.24, 2.45) is 0 Å². The van der Waals surface area contributed by atoms with Gasteiger partial charge in [-0.15, -0.1) is 0 Å². The molecule has 4 nitrogen and oxygen atoms in total. The third-order valence-electron chi connectivity index (χ3n) is 3.76. The number of benzene rings is 1. The van der Waals surface area contributed by atoms with E-state index in [1.807, 2.05) is 27.7 Å². The Bertz CT molecular complexity index is 412. The topological polar surface area (TPSA) is 58.9 Å². The average Bonchev–Trinajstić information content (AvgIpc) is 2.48. The van der Waals surface area contributed by atoms with Crippen LogP contribution in [0.5, 0.6) is 0 Å². The van der Waals surface area contributed by atoms with Gasteiger partial charge in [0.1, 0.15) is 0 Å². The van der Waals surface area contributed by atoms with Crippen molar-refractivity contribution in [3.05, 3.63) is 24.3 Å². The second-order valence-corrected chi connectivity index (χ2v) is 5.63. The molecule has 1 aromatic rings. The summed E-state index contributed by atoms with van der Waals surface area (Å²) in [6, 6.07) is 6.89. The van der Waals surface area contributed by atoms with Crippen LogP contribution >= 0.6 is 0 Å². The minimum atomic E-state index is -1.45. The van der Waals surface area contributed by atoms with Gasteiger partial charge in [0, 0.05) is 0 Å². The normalized spacial score (nSPS) is 21.1. The highest BCUT2D eigenvalue weighted by molar-refractivity contribution is 6.63. The summed E-state index contributed by atoms with van der Waals surface area (Å²) < 4.78 is 11.8. The minimum Gasteiger partial charge on any atom is -0.423 e. The molecule has 0 unspecified atom stereocenters. The Kier molecular flexibility index (Phi) is 3.32. The Hall–Kier alpha value is -0.810. The molecular weight excluding hydrogens is 230 g/mol. The molecule has 1 heterocycles. The summed E-state index contributed by atoms with van der Waals surface area (Å²) >= 11 is 0. The van der Waals surface area contributed by atoms with E-state index < -0.39 is 14.2 Å². The molecule has 1 aliphatic heterocycles. The van der Waals surface area contributed by atoms with Crippen molar-refractivity contribution in [3.63, 3.8) is 0 Å². The third-order valence-corrected chi connectivity index (χ3v) is 3.76. The van der Waals surface area contributed by atoms with Crippen LogP contribution in [0.1, 0.15) is 27.7 Å². The SMILES string of the molecule is CC1(C)OB(c2ccc(B(O)O)cc2)OC1(C)C. The van der Waals surface area contributed by atoms with E-state index in [9.17, 15) is 0 Å². The molecule has 0 bridgehead atoms. The van der Waals surface area contributed by atoms with Crippen molar-refractivity contribution >= 4 is 25.2 Å². The van der Waals surface area contributed by atoms with Crippen LogP contribution in [0.15, 0.2) is 24.3 Å². The molecule has 1 fully saturated rings. The number of hydrogen-bond acceptors (Lipinski definition) is 4. The van der Waals surface area contributed by atoms with Gasteiger partial charge in [0.25, 0.3) is 0 Å². The van der Waals surface area contributed by atoms with Crippen LogP contribution in [0.4, 0.5) is 0 Å². The van der Waals surface area contributed by atoms with E-state index in [1.54, 1.807) is 24.3 Å². The van der Waals surface area contributed by atoms with Crippen molar-refractivity contribution in [3.8, 4) is 0 Å². The van der Waals surface area contributed by atoms with Crippen LogP contribution in [-0.4, -0.2) is 35.5 Å². The Morgan fingerprint density at radius 3 is 1.78 bits per heavy atom. The van der Waals surface area contributed by atoms with Crippen LogP contribution < -0.4 is 10.9 Å². The predicted molar refractivity (Wildman–Crippen MR) is 72.0 cm³/mol. The van der Waals surface area contributed by atoms with E-state index in [0.29, 0.717) is 5.46 Å². The van der Waals surface area contributed by atoms with Gasteiger partial charge in [-0.25, -0.2) is 0 Å². The quantitative estimate of drug-likeness (QED) is 0.703. The zero-order valence-electron chi connectivity index (χ0n) is 11.2. The first kappa shape index (κ1) is 13.6. The highest BCUT2D eigenvalue weighted by Crippen LogP contribution is 2.36. The van der Waals surface area contributed by atoms with Gasteiger partial charge in [-0.05, 0) is 38.6 Å². The summed E-state index contributed by atoms with van der Waals surface area (Å²) in [6.45, 7) is 8.00. The van der Waals surface area contributed by atoms with Crippen LogP contribution in [-0.2, 0) is 9.31 Å². The van der Waals surface area contributed by atoms with Crippen LogP contribution in [0, 0.1) is 0 Å². The molecule has 0 atom stereocenters. The van der Waals surface area contributed by atoms with Gasteiger partial charge in [0.05, 0.1) is 11.2 Å². The fourth-order valence-electron chi connectivity index (χ4n) is 1.80. The molecule has 2 rings (SSSR count). The third kappa shape index (κ3) is 2.34. The molecule has 2 N–H and O–H groups in total. The molecule has 0 amide bonds. The standard InChI is InChI=1S/C12H18B2O4/c1-11(2)12(3,4)18-14(17-11)10-7-5-9(6-8-10)13(15)16/h5-8,15-16H,1-4H3. The van der Waals surface area contributed by atoms with Crippen LogP contribution in [0.3, 0.4) is 0 Å². The lowest BCUT2D eigenvalue weighted by Crippen LogP contribution is -2.41. The maximum atomic E-state index is 9.04. The number of hydrogen-bond donors (Lipinski definition) is 2. The van der Waals surface area contributed by atoms with Gasteiger partial charge in [0.15, 0.2) is 0 Å². The van der Waals surface area contributed by atoms with E-state index in [0.717, 1.165) is 5.46 Å². The summed E-state index contributed by atoms with van der Waals surface area (Å²) in [7, 11) is -1.86. The van der Waals surface area contributed by atoms with Gasteiger partial charge in [-0.1, -0.05) is 24.3 Å². The predicted octanol–water partition coefficient (Wildman–Crippen LogP) is -0.334. The zero-order chi connectivity index (χ0) is 13.6. The molecule has 0 spiro atoms. The minimum absolute atomic E-state index is 0.368. The number of rotatable bonds is 2. The van der Waals surface area contributed by atoms with Crippen molar-refractivity contribution in [1.29, 1.82) is 0 Å². The summed E-state index contributed by atoms with van der Waals surface area (Å²) in [5.74, 6) is 0. The molecule has 0 saturated carbocycles. The van der Waals surface area contributed by atoms with Crippen LogP contribution in [0.25, 0.3) is 0 Å². The van der Waals surface area contributed by atoms with Crippen LogP contribution in [0.2, 0.25) is 0 Å². The highest BCUT2D eigenvalue weighted by Gasteiger charge is 2.51. The first-order valence-corrected chi connectivity index (χ1v) is 6.04. The molecule has 0 aromatic heterocycles. The Labute approximate surface area is 108 Å². The molecule has 96 valence electrons.